The fraction of sp³-hybridized carbons (Fsp3) is 0.500. The molecule has 1 N–H and O–H groups in total. The highest BCUT2D eigenvalue weighted by Crippen LogP contribution is 2.14. The van der Waals surface area contributed by atoms with E-state index in [0.717, 1.165) is 5.56 Å². The molecule has 0 spiro atoms. The molecule has 17 heavy (non-hydrogen) atoms. The van der Waals surface area contributed by atoms with Crippen LogP contribution in [0.1, 0.15) is 25.5 Å². The molecule has 2 atom stereocenters. The van der Waals surface area contributed by atoms with Crippen LogP contribution in [0.15, 0.2) is 24.3 Å². The van der Waals surface area contributed by atoms with Crippen molar-refractivity contribution in [3.8, 4) is 0 Å². The lowest BCUT2D eigenvalue weighted by atomic mass is 10.1. The summed E-state index contributed by atoms with van der Waals surface area (Å²) in [6.07, 6.45) is 1.21. The number of halogens is 1. The van der Waals surface area contributed by atoms with Gasteiger partial charge in [0, 0.05) is 18.3 Å². The first kappa shape index (κ1) is 14.1. The highest BCUT2D eigenvalue weighted by molar-refractivity contribution is 7.90. The zero-order valence-electron chi connectivity index (χ0n) is 10.3. The van der Waals surface area contributed by atoms with Crippen molar-refractivity contribution in [2.75, 3.05) is 12.0 Å². The summed E-state index contributed by atoms with van der Waals surface area (Å²) in [5.41, 5.74) is 0.811. The molecule has 0 aliphatic carbocycles. The molecule has 1 rings (SSSR count). The number of nitrogens with one attached hydrogen (secondary N) is 1. The van der Waals surface area contributed by atoms with Crippen LogP contribution in [-0.4, -0.2) is 26.5 Å². The van der Waals surface area contributed by atoms with E-state index in [2.05, 4.69) is 5.32 Å². The maximum absolute atomic E-state index is 13.0. The topological polar surface area (TPSA) is 46.2 Å². The van der Waals surface area contributed by atoms with Crippen molar-refractivity contribution in [2.24, 2.45) is 0 Å². The monoisotopic (exact) mass is 259 g/mol. The molecule has 96 valence electrons. The van der Waals surface area contributed by atoms with Crippen LogP contribution in [-0.2, 0) is 9.84 Å². The SMILES string of the molecule is CC(CS(C)(=O)=O)N[C@@H](C)c1cccc(F)c1. The third kappa shape index (κ3) is 5.28. The van der Waals surface area contributed by atoms with Gasteiger partial charge in [-0.15, -0.1) is 0 Å². The van der Waals surface area contributed by atoms with Crippen LogP contribution in [0.25, 0.3) is 0 Å². The molecule has 1 aromatic rings. The van der Waals surface area contributed by atoms with Crippen LogP contribution in [0.3, 0.4) is 0 Å². The third-order valence-electron chi connectivity index (χ3n) is 2.44. The van der Waals surface area contributed by atoms with Gasteiger partial charge in [-0.25, -0.2) is 12.8 Å². The maximum Gasteiger partial charge on any atom is 0.148 e. The van der Waals surface area contributed by atoms with Crippen molar-refractivity contribution in [1.82, 2.24) is 5.32 Å². The largest absolute Gasteiger partial charge is 0.307 e. The zero-order chi connectivity index (χ0) is 13.1. The Kier molecular flexibility index (Phi) is 4.65. The molecule has 3 nitrogen and oxygen atoms in total. The van der Waals surface area contributed by atoms with Crippen molar-refractivity contribution in [3.05, 3.63) is 35.6 Å². The standard InChI is InChI=1S/C12H18FNO2S/c1-9(8-17(3,15)16)14-10(2)11-5-4-6-12(13)7-11/h4-7,9-10,14H,8H2,1-3H3/t9?,10-/m0/s1. The summed E-state index contributed by atoms with van der Waals surface area (Å²) in [5, 5.41) is 3.13. The third-order valence-corrected chi connectivity index (χ3v) is 3.54. The molecule has 0 fully saturated rings. The van der Waals surface area contributed by atoms with E-state index in [1.165, 1.54) is 18.4 Å². The molecule has 0 aliphatic heterocycles. The van der Waals surface area contributed by atoms with Crippen molar-refractivity contribution < 1.29 is 12.8 Å². The van der Waals surface area contributed by atoms with E-state index < -0.39 is 9.84 Å². The van der Waals surface area contributed by atoms with E-state index >= 15 is 0 Å². The van der Waals surface area contributed by atoms with Gasteiger partial charge in [0.2, 0.25) is 0 Å². The molecule has 0 saturated heterocycles. The molecule has 0 radical (unpaired) electrons. The Morgan fingerprint density at radius 3 is 2.53 bits per heavy atom. The summed E-state index contributed by atoms with van der Waals surface area (Å²) < 4.78 is 35.2. The first-order valence-electron chi connectivity index (χ1n) is 5.47. The fourth-order valence-electron chi connectivity index (χ4n) is 1.80. The van der Waals surface area contributed by atoms with Gasteiger partial charge in [-0.2, -0.15) is 0 Å². The molecule has 0 heterocycles. The summed E-state index contributed by atoms with van der Waals surface area (Å²) >= 11 is 0. The van der Waals surface area contributed by atoms with Crippen LogP contribution >= 0.6 is 0 Å². The predicted octanol–water partition coefficient (Wildman–Crippen LogP) is 1.91. The number of benzene rings is 1. The average Bonchev–Trinajstić information content (AvgIpc) is 2.14. The number of hydrogen-bond donors (Lipinski definition) is 1. The Morgan fingerprint density at radius 2 is 2.00 bits per heavy atom. The van der Waals surface area contributed by atoms with Gasteiger partial charge in [-0.1, -0.05) is 12.1 Å². The fourth-order valence-corrected chi connectivity index (χ4v) is 2.81. The first-order valence-corrected chi connectivity index (χ1v) is 7.53. The van der Waals surface area contributed by atoms with Crippen LogP contribution in [0.2, 0.25) is 0 Å². The van der Waals surface area contributed by atoms with Gasteiger partial charge in [0.15, 0.2) is 0 Å². The lowest BCUT2D eigenvalue weighted by molar-refractivity contribution is 0.498. The van der Waals surface area contributed by atoms with Crippen LogP contribution in [0, 0.1) is 5.82 Å². The zero-order valence-corrected chi connectivity index (χ0v) is 11.1. The van der Waals surface area contributed by atoms with Gasteiger partial charge < -0.3 is 5.32 Å². The molecule has 0 aliphatic rings. The van der Waals surface area contributed by atoms with E-state index in [0.29, 0.717) is 0 Å². The van der Waals surface area contributed by atoms with Crippen molar-refractivity contribution in [1.29, 1.82) is 0 Å². The van der Waals surface area contributed by atoms with Crippen molar-refractivity contribution >= 4 is 9.84 Å². The summed E-state index contributed by atoms with van der Waals surface area (Å²) in [6.45, 7) is 3.68. The van der Waals surface area contributed by atoms with E-state index in [-0.39, 0.29) is 23.7 Å². The molecule has 5 heteroatoms. The molecule has 0 bridgehead atoms. The van der Waals surface area contributed by atoms with E-state index in [9.17, 15) is 12.8 Å². The Labute approximate surface area is 102 Å². The van der Waals surface area contributed by atoms with Crippen LogP contribution in [0.5, 0.6) is 0 Å². The second kappa shape index (κ2) is 5.60. The minimum Gasteiger partial charge on any atom is -0.307 e. The Bertz CT molecular complexity index is 473. The van der Waals surface area contributed by atoms with E-state index in [1.807, 2.05) is 13.0 Å². The smallest absolute Gasteiger partial charge is 0.148 e. The van der Waals surface area contributed by atoms with Crippen molar-refractivity contribution in [2.45, 2.75) is 25.9 Å². The van der Waals surface area contributed by atoms with Crippen LogP contribution in [0.4, 0.5) is 4.39 Å². The number of sulfone groups is 1. The van der Waals surface area contributed by atoms with Gasteiger partial charge >= 0.3 is 0 Å². The van der Waals surface area contributed by atoms with Crippen molar-refractivity contribution in [3.63, 3.8) is 0 Å². The van der Waals surface area contributed by atoms with Gasteiger partial charge in [0.05, 0.1) is 5.75 Å². The molecular formula is C12H18FNO2S. The highest BCUT2D eigenvalue weighted by atomic mass is 32.2. The van der Waals surface area contributed by atoms with Gasteiger partial charge in [0.25, 0.3) is 0 Å². The summed E-state index contributed by atoms with van der Waals surface area (Å²) in [7, 11) is -3.00. The van der Waals surface area contributed by atoms with Gasteiger partial charge in [0.1, 0.15) is 15.7 Å². The highest BCUT2D eigenvalue weighted by Gasteiger charge is 2.14. The maximum atomic E-state index is 13.0. The van der Waals surface area contributed by atoms with E-state index in [4.69, 9.17) is 0 Å². The second-order valence-electron chi connectivity index (χ2n) is 4.44. The Balaban J connectivity index is 2.63. The molecule has 0 saturated carbocycles. The normalized spacial score (nSPS) is 15.5. The van der Waals surface area contributed by atoms with Gasteiger partial charge in [-0.3, -0.25) is 0 Å². The Morgan fingerprint density at radius 1 is 1.35 bits per heavy atom. The quantitative estimate of drug-likeness (QED) is 0.878. The average molecular weight is 259 g/mol. The lowest BCUT2D eigenvalue weighted by Crippen LogP contribution is -2.34. The minimum absolute atomic E-state index is 0.0760. The minimum atomic E-state index is -3.00. The van der Waals surface area contributed by atoms with Crippen LogP contribution < -0.4 is 5.32 Å². The first-order chi connectivity index (χ1) is 7.78. The summed E-state index contributed by atoms with van der Waals surface area (Å²) in [6, 6.07) is 6.05. The summed E-state index contributed by atoms with van der Waals surface area (Å²) in [5.74, 6) is -0.209. The van der Waals surface area contributed by atoms with E-state index in [1.54, 1.807) is 13.0 Å². The number of rotatable bonds is 5. The molecule has 0 amide bonds. The second-order valence-corrected chi connectivity index (χ2v) is 6.62. The summed E-state index contributed by atoms with van der Waals surface area (Å²) in [4.78, 5) is 0. The molecular weight excluding hydrogens is 241 g/mol. The molecule has 1 unspecified atom stereocenters. The lowest BCUT2D eigenvalue weighted by Gasteiger charge is -2.19. The van der Waals surface area contributed by atoms with Gasteiger partial charge in [-0.05, 0) is 31.5 Å². The Hall–Kier alpha value is -0.940. The molecule has 0 aromatic heterocycles. The predicted molar refractivity (Wildman–Crippen MR) is 67.1 cm³/mol. The number of hydrogen-bond acceptors (Lipinski definition) is 3. The molecule has 1 aromatic carbocycles.